The maximum atomic E-state index is 14.2. The first-order valence-electron chi connectivity index (χ1n) is 6.06. The summed E-state index contributed by atoms with van der Waals surface area (Å²) in [6, 6.07) is 13.4. The summed E-state index contributed by atoms with van der Waals surface area (Å²) in [4.78, 5) is 12.0. The number of aryl methyl sites for hydroxylation is 1. The van der Waals surface area contributed by atoms with Crippen LogP contribution < -0.4 is 0 Å². The van der Waals surface area contributed by atoms with Crippen LogP contribution in [0.1, 0.15) is 28.4 Å². The molecule has 0 unspecified atom stereocenters. The predicted molar refractivity (Wildman–Crippen MR) is 77.1 cm³/mol. The van der Waals surface area contributed by atoms with Crippen molar-refractivity contribution in [3.63, 3.8) is 0 Å². The van der Waals surface area contributed by atoms with Gasteiger partial charge in [0.1, 0.15) is 5.82 Å². The van der Waals surface area contributed by atoms with Crippen molar-refractivity contribution in [1.29, 1.82) is 0 Å². The second-order valence-electron chi connectivity index (χ2n) is 4.40. The average Bonchev–Trinajstić information content (AvgIpc) is 2.38. The van der Waals surface area contributed by atoms with Gasteiger partial charge in [-0.05, 0) is 31.0 Å². The molecule has 0 saturated heterocycles. The van der Waals surface area contributed by atoms with Gasteiger partial charge in [-0.2, -0.15) is 0 Å². The SMILES string of the molecule is CC(=O)c1c(C)ccc(SCc2ccccc2)c1F. The highest BCUT2D eigenvalue weighted by atomic mass is 32.2. The fraction of sp³-hybridized carbons (Fsp3) is 0.188. The minimum atomic E-state index is -0.395. The van der Waals surface area contributed by atoms with Gasteiger partial charge in [0, 0.05) is 10.6 Å². The Morgan fingerprint density at radius 1 is 1.16 bits per heavy atom. The number of benzene rings is 2. The summed E-state index contributed by atoms with van der Waals surface area (Å²) < 4.78 is 14.2. The third kappa shape index (κ3) is 3.24. The number of thioether (sulfide) groups is 1. The highest BCUT2D eigenvalue weighted by Crippen LogP contribution is 2.29. The summed E-state index contributed by atoms with van der Waals surface area (Å²) in [6.45, 7) is 3.16. The van der Waals surface area contributed by atoms with Crippen LogP contribution in [0, 0.1) is 12.7 Å². The molecular weight excluding hydrogens is 259 g/mol. The van der Waals surface area contributed by atoms with E-state index in [1.54, 1.807) is 19.1 Å². The van der Waals surface area contributed by atoms with Gasteiger partial charge in [-0.15, -0.1) is 11.8 Å². The molecule has 0 fully saturated rings. The smallest absolute Gasteiger partial charge is 0.163 e. The van der Waals surface area contributed by atoms with Gasteiger partial charge in [0.15, 0.2) is 5.78 Å². The Kier molecular flexibility index (Phi) is 4.38. The molecule has 3 heteroatoms. The van der Waals surface area contributed by atoms with Crippen molar-refractivity contribution in [2.24, 2.45) is 0 Å². The maximum Gasteiger partial charge on any atom is 0.163 e. The monoisotopic (exact) mass is 274 g/mol. The van der Waals surface area contributed by atoms with E-state index in [2.05, 4.69) is 0 Å². The molecule has 0 saturated carbocycles. The average molecular weight is 274 g/mol. The number of ketones is 1. The highest BCUT2D eigenvalue weighted by Gasteiger charge is 2.15. The number of rotatable bonds is 4. The zero-order valence-electron chi connectivity index (χ0n) is 10.9. The predicted octanol–water partition coefficient (Wildman–Crippen LogP) is 4.63. The second kappa shape index (κ2) is 6.02. The van der Waals surface area contributed by atoms with Crippen molar-refractivity contribution in [3.8, 4) is 0 Å². The van der Waals surface area contributed by atoms with Crippen LogP contribution in [0.15, 0.2) is 47.4 Å². The fourth-order valence-electron chi connectivity index (χ4n) is 1.93. The van der Waals surface area contributed by atoms with E-state index >= 15 is 0 Å². The molecule has 0 aliphatic carbocycles. The molecule has 0 aromatic heterocycles. The van der Waals surface area contributed by atoms with E-state index in [0.29, 0.717) is 16.2 Å². The lowest BCUT2D eigenvalue weighted by Crippen LogP contribution is -2.02. The Labute approximate surface area is 116 Å². The zero-order chi connectivity index (χ0) is 13.8. The number of carbonyl (C=O) groups is 1. The van der Waals surface area contributed by atoms with Crippen LogP contribution in [-0.4, -0.2) is 5.78 Å². The van der Waals surface area contributed by atoms with Crippen LogP contribution in [0.4, 0.5) is 4.39 Å². The quantitative estimate of drug-likeness (QED) is 0.597. The van der Waals surface area contributed by atoms with Gasteiger partial charge >= 0.3 is 0 Å². The van der Waals surface area contributed by atoms with Crippen LogP contribution in [0.25, 0.3) is 0 Å². The molecular formula is C16H15FOS. The first-order valence-corrected chi connectivity index (χ1v) is 7.05. The lowest BCUT2D eigenvalue weighted by Gasteiger charge is -2.09. The molecule has 98 valence electrons. The Hall–Kier alpha value is -1.61. The largest absolute Gasteiger partial charge is 0.294 e. The standard InChI is InChI=1S/C16H15FOS/c1-11-8-9-14(16(17)15(11)12(2)18)19-10-13-6-4-3-5-7-13/h3-9H,10H2,1-2H3. The molecule has 0 amide bonds. The topological polar surface area (TPSA) is 17.1 Å². The number of hydrogen-bond donors (Lipinski definition) is 0. The third-order valence-corrected chi connectivity index (χ3v) is 4.01. The molecule has 0 N–H and O–H groups in total. The molecule has 2 aromatic carbocycles. The van der Waals surface area contributed by atoms with Crippen molar-refractivity contribution in [3.05, 3.63) is 65.0 Å². The van der Waals surface area contributed by atoms with Crippen molar-refractivity contribution in [2.45, 2.75) is 24.5 Å². The van der Waals surface area contributed by atoms with Gasteiger partial charge in [-0.1, -0.05) is 36.4 Å². The zero-order valence-corrected chi connectivity index (χ0v) is 11.8. The van der Waals surface area contributed by atoms with E-state index in [-0.39, 0.29) is 11.3 Å². The third-order valence-electron chi connectivity index (χ3n) is 2.90. The molecule has 0 spiro atoms. The van der Waals surface area contributed by atoms with Crippen molar-refractivity contribution in [2.75, 3.05) is 0 Å². The molecule has 0 heterocycles. The minimum Gasteiger partial charge on any atom is -0.294 e. The lowest BCUT2D eigenvalue weighted by molar-refractivity contribution is 0.101. The Bertz CT molecular complexity index is 593. The van der Waals surface area contributed by atoms with E-state index in [4.69, 9.17) is 0 Å². The molecule has 2 rings (SSSR count). The summed E-state index contributed by atoms with van der Waals surface area (Å²) in [5.41, 5.74) is 2.03. The van der Waals surface area contributed by atoms with Gasteiger partial charge in [-0.25, -0.2) is 4.39 Å². The number of Topliss-reactive ketones (excluding diaryl/α,β-unsaturated/α-hetero) is 1. The fourth-order valence-corrected chi connectivity index (χ4v) is 2.84. The van der Waals surface area contributed by atoms with Crippen molar-refractivity contribution >= 4 is 17.5 Å². The first-order chi connectivity index (χ1) is 9.09. The summed E-state index contributed by atoms with van der Waals surface area (Å²) in [7, 11) is 0. The van der Waals surface area contributed by atoms with Gasteiger partial charge < -0.3 is 0 Å². The molecule has 2 aromatic rings. The maximum absolute atomic E-state index is 14.2. The normalized spacial score (nSPS) is 10.5. The van der Waals surface area contributed by atoms with Crippen molar-refractivity contribution in [1.82, 2.24) is 0 Å². The molecule has 0 bridgehead atoms. The van der Waals surface area contributed by atoms with Gasteiger partial charge in [0.05, 0.1) is 5.56 Å². The van der Waals surface area contributed by atoms with Crippen LogP contribution in [-0.2, 0) is 5.75 Å². The van der Waals surface area contributed by atoms with Crippen LogP contribution in [0.5, 0.6) is 0 Å². The summed E-state index contributed by atoms with van der Waals surface area (Å²) >= 11 is 1.41. The van der Waals surface area contributed by atoms with Gasteiger partial charge in [0.25, 0.3) is 0 Å². The van der Waals surface area contributed by atoms with Crippen molar-refractivity contribution < 1.29 is 9.18 Å². The Balaban J connectivity index is 2.22. The molecule has 0 aliphatic rings. The Morgan fingerprint density at radius 2 is 1.84 bits per heavy atom. The molecule has 0 aliphatic heterocycles. The Morgan fingerprint density at radius 3 is 2.47 bits per heavy atom. The number of hydrogen-bond acceptors (Lipinski definition) is 2. The molecule has 1 nitrogen and oxygen atoms in total. The lowest BCUT2D eigenvalue weighted by atomic mass is 10.1. The number of halogens is 1. The van der Waals surface area contributed by atoms with E-state index in [1.807, 2.05) is 30.3 Å². The van der Waals surface area contributed by atoms with Crippen LogP contribution >= 0.6 is 11.8 Å². The van der Waals surface area contributed by atoms with E-state index < -0.39 is 5.82 Å². The van der Waals surface area contributed by atoms with Gasteiger partial charge in [0.2, 0.25) is 0 Å². The number of carbonyl (C=O) groups excluding carboxylic acids is 1. The van der Waals surface area contributed by atoms with Crippen LogP contribution in [0.3, 0.4) is 0 Å². The minimum absolute atomic E-state index is 0.207. The summed E-state index contributed by atoms with van der Waals surface area (Å²) in [5, 5.41) is 0. The first kappa shape index (κ1) is 13.8. The molecule has 0 radical (unpaired) electrons. The molecule has 0 atom stereocenters. The molecule has 19 heavy (non-hydrogen) atoms. The van der Waals surface area contributed by atoms with E-state index in [9.17, 15) is 9.18 Å². The second-order valence-corrected chi connectivity index (χ2v) is 5.42. The van der Waals surface area contributed by atoms with E-state index in [0.717, 1.165) is 5.56 Å². The highest BCUT2D eigenvalue weighted by molar-refractivity contribution is 7.98. The van der Waals surface area contributed by atoms with E-state index in [1.165, 1.54) is 18.7 Å². The van der Waals surface area contributed by atoms with Gasteiger partial charge in [-0.3, -0.25) is 4.79 Å². The summed E-state index contributed by atoms with van der Waals surface area (Å²) in [5.74, 6) is 0.0728. The van der Waals surface area contributed by atoms with Crippen LogP contribution in [0.2, 0.25) is 0 Å². The summed E-state index contributed by atoms with van der Waals surface area (Å²) in [6.07, 6.45) is 0.